The molecule has 0 fully saturated rings. The molecule has 6 heteroatoms. The van der Waals surface area contributed by atoms with Crippen LogP contribution in [0.25, 0.3) is 0 Å². The molecule has 1 atom stereocenters. The molecule has 110 valence electrons. The van der Waals surface area contributed by atoms with E-state index in [1.54, 1.807) is 31.2 Å². The molecule has 1 heterocycles. The van der Waals surface area contributed by atoms with E-state index in [4.69, 9.17) is 9.63 Å². The van der Waals surface area contributed by atoms with Gasteiger partial charge in [-0.3, -0.25) is 9.59 Å². The van der Waals surface area contributed by atoms with Gasteiger partial charge in [0, 0.05) is 11.3 Å². The molecule has 0 aliphatic rings. The summed E-state index contributed by atoms with van der Waals surface area (Å²) >= 11 is 0. The van der Waals surface area contributed by atoms with Gasteiger partial charge in [0.05, 0.1) is 12.6 Å². The highest BCUT2D eigenvalue weighted by atomic mass is 16.5. The van der Waals surface area contributed by atoms with Crippen molar-refractivity contribution in [1.29, 1.82) is 0 Å². The highest BCUT2D eigenvalue weighted by Gasteiger charge is 2.15. The zero-order chi connectivity index (χ0) is 15.4. The molecule has 0 radical (unpaired) electrons. The molecule has 0 aliphatic heterocycles. The quantitative estimate of drug-likeness (QED) is 0.882. The second-order valence-electron chi connectivity index (χ2n) is 4.91. The van der Waals surface area contributed by atoms with E-state index in [2.05, 4.69) is 10.5 Å². The molecule has 1 unspecified atom stereocenters. The summed E-state index contributed by atoms with van der Waals surface area (Å²) in [5.74, 6) is -1.10. The van der Waals surface area contributed by atoms with E-state index >= 15 is 0 Å². The summed E-state index contributed by atoms with van der Waals surface area (Å²) in [6.07, 6.45) is 1.55. The number of aryl methyl sites for hydroxylation is 1. The van der Waals surface area contributed by atoms with Crippen LogP contribution in [-0.4, -0.2) is 22.1 Å². The molecule has 1 amide bonds. The third-order valence-corrected chi connectivity index (χ3v) is 3.17. The second-order valence-corrected chi connectivity index (χ2v) is 4.91. The molecule has 6 nitrogen and oxygen atoms in total. The van der Waals surface area contributed by atoms with E-state index in [9.17, 15) is 9.59 Å². The number of rotatable bonds is 5. The first-order valence-electron chi connectivity index (χ1n) is 6.51. The van der Waals surface area contributed by atoms with Crippen molar-refractivity contribution in [3.8, 4) is 0 Å². The number of benzene rings is 1. The lowest BCUT2D eigenvalue weighted by atomic mass is 9.98. The van der Waals surface area contributed by atoms with Crippen LogP contribution in [0, 0.1) is 6.92 Å². The largest absolute Gasteiger partial charge is 0.481 e. The minimum atomic E-state index is -0.833. The van der Waals surface area contributed by atoms with Gasteiger partial charge in [-0.2, -0.15) is 0 Å². The number of amides is 1. The number of anilines is 1. The Morgan fingerprint density at radius 1 is 1.33 bits per heavy atom. The van der Waals surface area contributed by atoms with Crippen LogP contribution >= 0.6 is 0 Å². The maximum Gasteiger partial charge on any atom is 0.303 e. The Hall–Kier alpha value is -2.63. The minimum Gasteiger partial charge on any atom is -0.481 e. The fraction of sp³-hybridized carbons (Fsp3) is 0.267. The van der Waals surface area contributed by atoms with Crippen LogP contribution in [-0.2, 0) is 4.79 Å². The first-order valence-corrected chi connectivity index (χ1v) is 6.51. The van der Waals surface area contributed by atoms with Crippen molar-refractivity contribution in [2.24, 2.45) is 0 Å². The normalized spacial score (nSPS) is 11.9. The molecule has 2 aromatic rings. The molecule has 0 saturated heterocycles. The van der Waals surface area contributed by atoms with Gasteiger partial charge >= 0.3 is 5.97 Å². The third-order valence-electron chi connectivity index (χ3n) is 3.17. The third kappa shape index (κ3) is 3.68. The Balaban J connectivity index is 2.04. The number of aliphatic carboxylic acids is 1. The zero-order valence-electron chi connectivity index (χ0n) is 11.8. The number of hydrogen-bond acceptors (Lipinski definition) is 4. The summed E-state index contributed by atoms with van der Waals surface area (Å²) in [4.78, 5) is 22.6. The van der Waals surface area contributed by atoms with Crippen molar-refractivity contribution in [2.75, 3.05) is 5.32 Å². The number of hydrogen-bond donors (Lipinski definition) is 2. The van der Waals surface area contributed by atoms with E-state index in [-0.39, 0.29) is 24.0 Å². The van der Waals surface area contributed by atoms with E-state index in [0.29, 0.717) is 11.3 Å². The SMILES string of the molecule is Cc1cnoc1C(=O)Nc1ccc(C(C)CC(=O)O)cc1. The van der Waals surface area contributed by atoms with E-state index in [1.807, 2.05) is 6.92 Å². The van der Waals surface area contributed by atoms with Gasteiger partial charge in [0.2, 0.25) is 5.76 Å². The summed E-state index contributed by atoms with van der Waals surface area (Å²) in [7, 11) is 0. The lowest BCUT2D eigenvalue weighted by Gasteiger charge is -2.10. The van der Waals surface area contributed by atoms with Crippen LogP contribution in [0.2, 0.25) is 0 Å². The van der Waals surface area contributed by atoms with Gasteiger partial charge in [0.1, 0.15) is 0 Å². The summed E-state index contributed by atoms with van der Waals surface area (Å²) in [5.41, 5.74) is 2.19. The van der Waals surface area contributed by atoms with Gasteiger partial charge in [-0.25, -0.2) is 0 Å². The van der Waals surface area contributed by atoms with Crippen LogP contribution < -0.4 is 5.32 Å². The standard InChI is InChI=1S/C15H16N2O4/c1-9(7-13(18)19)11-3-5-12(6-4-11)17-15(20)14-10(2)8-16-21-14/h3-6,8-9H,7H2,1-2H3,(H,17,20)(H,18,19). The van der Waals surface area contributed by atoms with Crippen molar-refractivity contribution >= 4 is 17.6 Å². The minimum absolute atomic E-state index is 0.0724. The monoisotopic (exact) mass is 288 g/mol. The Bertz CT molecular complexity index is 646. The number of carboxylic acid groups (broad SMARTS) is 1. The van der Waals surface area contributed by atoms with E-state index in [0.717, 1.165) is 5.56 Å². The van der Waals surface area contributed by atoms with E-state index in [1.165, 1.54) is 6.20 Å². The number of carbonyl (C=O) groups excluding carboxylic acids is 1. The fourth-order valence-corrected chi connectivity index (χ4v) is 1.97. The highest BCUT2D eigenvalue weighted by Crippen LogP contribution is 2.21. The van der Waals surface area contributed by atoms with Crippen molar-refractivity contribution in [1.82, 2.24) is 5.16 Å². The molecule has 1 aromatic carbocycles. The van der Waals surface area contributed by atoms with Crippen molar-refractivity contribution in [2.45, 2.75) is 26.2 Å². The molecule has 0 bridgehead atoms. The summed E-state index contributed by atoms with van der Waals surface area (Å²) in [5, 5.41) is 15.0. The van der Waals surface area contributed by atoms with Crippen LogP contribution in [0.3, 0.4) is 0 Å². The smallest absolute Gasteiger partial charge is 0.303 e. The Kier molecular flexibility index (Phi) is 4.37. The van der Waals surface area contributed by atoms with Crippen LogP contribution in [0.1, 0.15) is 40.9 Å². The fourth-order valence-electron chi connectivity index (χ4n) is 1.97. The Labute approximate surface area is 121 Å². The molecule has 0 aliphatic carbocycles. The van der Waals surface area contributed by atoms with Crippen LogP contribution in [0.15, 0.2) is 35.0 Å². The Morgan fingerprint density at radius 2 is 2.00 bits per heavy atom. The number of carbonyl (C=O) groups is 2. The maximum absolute atomic E-state index is 11.9. The van der Waals surface area contributed by atoms with Gasteiger partial charge in [-0.15, -0.1) is 0 Å². The summed E-state index contributed by atoms with van der Waals surface area (Å²) in [6, 6.07) is 7.07. The average molecular weight is 288 g/mol. The average Bonchev–Trinajstić information content (AvgIpc) is 2.85. The number of aromatic nitrogens is 1. The van der Waals surface area contributed by atoms with Crippen molar-refractivity contribution in [3.05, 3.63) is 47.3 Å². The van der Waals surface area contributed by atoms with Gasteiger partial charge in [-0.05, 0) is 30.5 Å². The lowest BCUT2D eigenvalue weighted by molar-refractivity contribution is -0.137. The molecular formula is C15H16N2O4. The van der Waals surface area contributed by atoms with Gasteiger partial charge in [0.15, 0.2) is 0 Å². The zero-order valence-corrected chi connectivity index (χ0v) is 11.8. The molecule has 1 aromatic heterocycles. The van der Waals surface area contributed by atoms with Gasteiger partial charge in [0.25, 0.3) is 5.91 Å². The molecule has 21 heavy (non-hydrogen) atoms. The van der Waals surface area contributed by atoms with Gasteiger partial charge < -0.3 is 14.9 Å². The first kappa shape index (κ1) is 14.8. The van der Waals surface area contributed by atoms with E-state index < -0.39 is 5.97 Å². The first-order chi connectivity index (χ1) is 9.97. The topological polar surface area (TPSA) is 92.4 Å². The Morgan fingerprint density at radius 3 is 2.52 bits per heavy atom. The predicted molar refractivity (Wildman–Crippen MR) is 76.3 cm³/mol. The lowest BCUT2D eigenvalue weighted by Crippen LogP contribution is -2.12. The van der Waals surface area contributed by atoms with Crippen LogP contribution in [0.5, 0.6) is 0 Å². The number of nitrogens with zero attached hydrogens (tertiary/aromatic N) is 1. The summed E-state index contributed by atoms with van der Waals surface area (Å²) < 4.78 is 4.88. The molecule has 0 saturated carbocycles. The predicted octanol–water partition coefficient (Wildman–Crippen LogP) is 2.81. The second kappa shape index (κ2) is 6.21. The van der Waals surface area contributed by atoms with Gasteiger partial charge in [-0.1, -0.05) is 24.2 Å². The molecule has 0 spiro atoms. The summed E-state index contributed by atoms with van der Waals surface area (Å²) in [6.45, 7) is 3.58. The van der Waals surface area contributed by atoms with Crippen molar-refractivity contribution < 1.29 is 19.2 Å². The molecular weight excluding hydrogens is 272 g/mol. The van der Waals surface area contributed by atoms with Crippen molar-refractivity contribution in [3.63, 3.8) is 0 Å². The number of nitrogens with one attached hydrogen (secondary N) is 1. The molecule has 2 N–H and O–H groups in total. The number of carboxylic acids is 1. The van der Waals surface area contributed by atoms with Crippen LogP contribution in [0.4, 0.5) is 5.69 Å². The molecule has 2 rings (SSSR count). The maximum atomic E-state index is 11.9. The highest BCUT2D eigenvalue weighted by molar-refractivity contribution is 6.03.